The van der Waals surface area contributed by atoms with E-state index >= 15 is 0 Å². The lowest BCUT2D eigenvalue weighted by atomic mass is 10.1. The largest absolute Gasteiger partial charge is 0.207 e. The van der Waals surface area contributed by atoms with Crippen LogP contribution < -0.4 is 0 Å². The van der Waals surface area contributed by atoms with Gasteiger partial charge in [-0.25, -0.2) is 4.39 Å². The van der Waals surface area contributed by atoms with E-state index in [1.165, 1.54) is 6.07 Å². The molecule has 0 N–H and O–H groups in total. The lowest BCUT2D eigenvalue weighted by Gasteiger charge is -2.05. The fourth-order valence-electron chi connectivity index (χ4n) is 1.13. The summed E-state index contributed by atoms with van der Waals surface area (Å²) in [6.07, 6.45) is 0.780. The van der Waals surface area contributed by atoms with Crippen LogP contribution in [0.1, 0.15) is 18.1 Å². The van der Waals surface area contributed by atoms with E-state index in [1.54, 1.807) is 13.0 Å². The highest BCUT2D eigenvalue weighted by atomic mass is 35.5. The van der Waals surface area contributed by atoms with Crippen molar-refractivity contribution in [3.8, 4) is 0 Å². The predicted molar refractivity (Wildman–Crippen MR) is 45.5 cm³/mol. The van der Waals surface area contributed by atoms with Gasteiger partial charge in [0.05, 0.1) is 0 Å². The minimum atomic E-state index is -0.175. The quantitative estimate of drug-likeness (QED) is 0.610. The molecule has 1 aromatic rings. The molecule has 0 heterocycles. The maximum absolute atomic E-state index is 12.9. The predicted octanol–water partition coefficient (Wildman–Crippen LogP) is 3.35. The molecule has 0 unspecified atom stereocenters. The number of hydrogen-bond acceptors (Lipinski definition) is 0. The summed E-state index contributed by atoms with van der Waals surface area (Å²) in [7, 11) is 0. The molecule has 0 saturated carbocycles. The Labute approximate surface area is 71.0 Å². The summed E-state index contributed by atoms with van der Waals surface area (Å²) in [5, 5.41) is 0.659. The van der Waals surface area contributed by atoms with Crippen LogP contribution in [-0.2, 0) is 6.42 Å². The van der Waals surface area contributed by atoms with Gasteiger partial charge in [-0.2, -0.15) is 0 Å². The normalized spacial score (nSPS) is 10.2. The zero-order chi connectivity index (χ0) is 8.43. The highest BCUT2D eigenvalue weighted by Crippen LogP contribution is 2.22. The molecule has 0 spiro atoms. The molecule has 0 aliphatic carbocycles. The smallest absolute Gasteiger partial charge is 0.126 e. The summed E-state index contributed by atoms with van der Waals surface area (Å²) in [6, 6.07) is 3.00. The zero-order valence-corrected chi connectivity index (χ0v) is 7.37. The summed E-state index contributed by atoms with van der Waals surface area (Å²) >= 11 is 5.83. The molecular formula is C9H10ClF. The van der Waals surface area contributed by atoms with Crippen molar-refractivity contribution >= 4 is 11.6 Å². The van der Waals surface area contributed by atoms with Gasteiger partial charge in [0.2, 0.25) is 0 Å². The van der Waals surface area contributed by atoms with Gasteiger partial charge in [0.15, 0.2) is 0 Å². The molecule has 0 radical (unpaired) electrons. The maximum Gasteiger partial charge on any atom is 0.126 e. The number of halogens is 2. The first-order chi connectivity index (χ1) is 5.16. The van der Waals surface area contributed by atoms with Crippen LogP contribution in [0.5, 0.6) is 0 Å². The Morgan fingerprint density at radius 2 is 2.09 bits per heavy atom. The van der Waals surface area contributed by atoms with E-state index in [0.29, 0.717) is 10.6 Å². The van der Waals surface area contributed by atoms with Crippen LogP contribution in [0.4, 0.5) is 4.39 Å². The molecule has 0 fully saturated rings. The van der Waals surface area contributed by atoms with Crippen molar-refractivity contribution < 1.29 is 4.39 Å². The topological polar surface area (TPSA) is 0 Å². The van der Waals surface area contributed by atoms with Crippen molar-refractivity contribution in [2.24, 2.45) is 0 Å². The second kappa shape index (κ2) is 3.22. The van der Waals surface area contributed by atoms with Crippen molar-refractivity contribution in [3.63, 3.8) is 0 Å². The average molecular weight is 173 g/mol. The van der Waals surface area contributed by atoms with Gasteiger partial charge >= 0.3 is 0 Å². The molecular weight excluding hydrogens is 163 g/mol. The molecule has 2 heteroatoms. The minimum absolute atomic E-state index is 0.175. The molecule has 0 aromatic heterocycles. The van der Waals surface area contributed by atoms with Gasteiger partial charge in [0.25, 0.3) is 0 Å². The molecule has 0 atom stereocenters. The van der Waals surface area contributed by atoms with Crippen molar-refractivity contribution in [1.82, 2.24) is 0 Å². The molecule has 0 nitrogen and oxygen atoms in total. The van der Waals surface area contributed by atoms with Crippen LogP contribution in [0, 0.1) is 12.7 Å². The van der Waals surface area contributed by atoms with Gasteiger partial charge in [-0.05, 0) is 36.6 Å². The fourth-order valence-corrected chi connectivity index (χ4v) is 1.47. The second-order valence-electron chi connectivity index (χ2n) is 2.49. The summed E-state index contributed by atoms with van der Waals surface area (Å²) in [6.45, 7) is 3.72. The first kappa shape index (κ1) is 8.54. The van der Waals surface area contributed by atoms with E-state index in [2.05, 4.69) is 0 Å². The van der Waals surface area contributed by atoms with Gasteiger partial charge in [-0.3, -0.25) is 0 Å². The third-order valence-electron chi connectivity index (χ3n) is 1.83. The Morgan fingerprint density at radius 1 is 1.45 bits per heavy atom. The lowest BCUT2D eigenvalue weighted by molar-refractivity contribution is 0.615. The molecule has 60 valence electrons. The first-order valence-corrected chi connectivity index (χ1v) is 3.98. The monoisotopic (exact) mass is 172 g/mol. The van der Waals surface area contributed by atoms with Gasteiger partial charge in [0, 0.05) is 5.02 Å². The summed E-state index contributed by atoms with van der Waals surface area (Å²) in [4.78, 5) is 0. The van der Waals surface area contributed by atoms with Crippen LogP contribution in [0.25, 0.3) is 0 Å². The van der Waals surface area contributed by atoms with Crippen LogP contribution in [0.3, 0.4) is 0 Å². The first-order valence-electron chi connectivity index (χ1n) is 3.60. The van der Waals surface area contributed by atoms with E-state index in [-0.39, 0.29) is 5.82 Å². The highest BCUT2D eigenvalue weighted by molar-refractivity contribution is 6.31. The van der Waals surface area contributed by atoms with E-state index in [9.17, 15) is 4.39 Å². The van der Waals surface area contributed by atoms with Crippen molar-refractivity contribution in [2.45, 2.75) is 20.3 Å². The van der Waals surface area contributed by atoms with Crippen LogP contribution in [-0.4, -0.2) is 0 Å². The second-order valence-corrected chi connectivity index (χ2v) is 2.89. The zero-order valence-electron chi connectivity index (χ0n) is 6.62. The number of rotatable bonds is 1. The Hall–Kier alpha value is -0.560. The van der Waals surface area contributed by atoms with Crippen molar-refractivity contribution in [3.05, 3.63) is 34.1 Å². The van der Waals surface area contributed by atoms with E-state index in [0.717, 1.165) is 12.0 Å². The number of benzene rings is 1. The van der Waals surface area contributed by atoms with Gasteiger partial charge in [-0.1, -0.05) is 18.5 Å². The van der Waals surface area contributed by atoms with Crippen molar-refractivity contribution in [1.29, 1.82) is 0 Å². The molecule has 1 aromatic carbocycles. The maximum atomic E-state index is 12.9. The fraction of sp³-hybridized carbons (Fsp3) is 0.333. The molecule has 0 aliphatic heterocycles. The highest BCUT2D eigenvalue weighted by Gasteiger charge is 2.05. The van der Waals surface area contributed by atoms with Crippen LogP contribution >= 0.6 is 11.6 Å². The van der Waals surface area contributed by atoms with Gasteiger partial charge < -0.3 is 0 Å². The minimum Gasteiger partial charge on any atom is -0.207 e. The Bertz CT molecular complexity index is 269. The van der Waals surface area contributed by atoms with Crippen LogP contribution in [0.15, 0.2) is 12.1 Å². The van der Waals surface area contributed by atoms with E-state index < -0.39 is 0 Å². The Morgan fingerprint density at radius 3 is 2.55 bits per heavy atom. The summed E-state index contributed by atoms with van der Waals surface area (Å²) < 4.78 is 12.9. The van der Waals surface area contributed by atoms with Gasteiger partial charge in [0.1, 0.15) is 5.82 Å². The Balaban J connectivity index is 3.29. The SMILES string of the molecule is CCc1c(Cl)ccc(F)c1C. The average Bonchev–Trinajstić information content (AvgIpc) is 1.99. The van der Waals surface area contributed by atoms with E-state index in [4.69, 9.17) is 11.6 Å². The lowest BCUT2D eigenvalue weighted by Crippen LogP contribution is -1.91. The third-order valence-corrected chi connectivity index (χ3v) is 2.18. The molecule has 0 saturated heterocycles. The van der Waals surface area contributed by atoms with Gasteiger partial charge in [-0.15, -0.1) is 0 Å². The third kappa shape index (κ3) is 1.54. The van der Waals surface area contributed by atoms with E-state index in [1.807, 2.05) is 6.92 Å². The standard InChI is InChI=1S/C9H10ClF/c1-3-7-6(2)9(11)5-4-8(7)10/h4-5H,3H2,1-2H3. The molecule has 1 rings (SSSR count). The van der Waals surface area contributed by atoms with Crippen molar-refractivity contribution in [2.75, 3.05) is 0 Å². The molecule has 0 bridgehead atoms. The number of hydrogen-bond donors (Lipinski definition) is 0. The molecule has 0 aliphatic rings. The molecule has 11 heavy (non-hydrogen) atoms. The van der Waals surface area contributed by atoms with Crippen LogP contribution in [0.2, 0.25) is 5.02 Å². The summed E-state index contributed by atoms with van der Waals surface area (Å²) in [5.41, 5.74) is 1.58. The Kier molecular flexibility index (Phi) is 2.50. The molecule has 0 amide bonds. The summed E-state index contributed by atoms with van der Waals surface area (Å²) in [5.74, 6) is -0.175.